The molecular weight excluding hydrogens is 274 g/mol. The summed E-state index contributed by atoms with van der Waals surface area (Å²) in [5, 5.41) is 3.40. The van der Waals surface area contributed by atoms with Crippen LogP contribution in [0, 0.1) is 5.82 Å². The van der Waals surface area contributed by atoms with Crippen LogP contribution in [0.15, 0.2) is 18.2 Å². The lowest BCUT2D eigenvalue weighted by molar-refractivity contribution is 0.327. The second-order valence-electron chi connectivity index (χ2n) is 5.05. The first-order valence-electron chi connectivity index (χ1n) is 5.93. The zero-order chi connectivity index (χ0) is 11.2. The van der Waals surface area contributed by atoms with Gasteiger partial charge in [-0.25, -0.2) is 4.39 Å². The molecule has 1 aromatic carbocycles. The summed E-state index contributed by atoms with van der Waals surface area (Å²) in [4.78, 5) is 2.20. The number of anilines is 1. The number of fused-ring (bicyclic) bond motifs is 2. The predicted molar refractivity (Wildman–Crippen MR) is 77.9 cm³/mol. The highest BCUT2D eigenvalue weighted by atomic mass is 35.5. The van der Waals surface area contributed by atoms with Crippen LogP contribution in [-0.2, 0) is 5.41 Å². The number of rotatable bonds is 0. The molecule has 1 aromatic rings. The molecule has 5 heteroatoms. The van der Waals surface area contributed by atoms with Gasteiger partial charge in [0, 0.05) is 24.7 Å². The molecule has 1 N–H and O–H groups in total. The van der Waals surface area contributed by atoms with Crippen molar-refractivity contribution in [1.82, 2.24) is 5.32 Å². The van der Waals surface area contributed by atoms with E-state index < -0.39 is 0 Å². The van der Waals surface area contributed by atoms with Gasteiger partial charge in [-0.05, 0) is 43.6 Å². The maximum absolute atomic E-state index is 13.3. The number of nitrogens with one attached hydrogen (secondary N) is 1. The second-order valence-corrected chi connectivity index (χ2v) is 5.05. The van der Waals surface area contributed by atoms with Crippen LogP contribution in [0.25, 0.3) is 0 Å². The average molecular weight is 293 g/mol. The van der Waals surface area contributed by atoms with E-state index in [0.717, 1.165) is 38.2 Å². The molecule has 2 aliphatic rings. The molecule has 0 atom stereocenters. The van der Waals surface area contributed by atoms with Crippen LogP contribution in [0.4, 0.5) is 10.1 Å². The molecule has 1 fully saturated rings. The van der Waals surface area contributed by atoms with E-state index in [-0.39, 0.29) is 36.0 Å². The molecule has 18 heavy (non-hydrogen) atoms. The van der Waals surface area contributed by atoms with Crippen molar-refractivity contribution in [3.8, 4) is 0 Å². The van der Waals surface area contributed by atoms with Crippen molar-refractivity contribution in [3.05, 3.63) is 29.6 Å². The van der Waals surface area contributed by atoms with Crippen molar-refractivity contribution < 1.29 is 4.39 Å². The maximum atomic E-state index is 13.3. The summed E-state index contributed by atoms with van der Waals surface area (Å²) in [6.07, 6.45) is 2.33. The highest BCUT2D eigenvalue weighted by Crippen LogP contribution is 2.45. The smallest absolute Gasteiger partial charge is 0.125 e. The Kier molecular flexibility index (Phi) is 4.87. The van der Waals surface area contributed by atoms with Crippen LogP contribution in [0.2, 0.25) is 0 Å². The first-order chi connectivity index (χ1) is 7.71. The fraction of sp³-hybridized carbons (Fsp3) is 0.538. The van der Waals surface area contributed by atoms with Crippen molar-refractivity contribution in [1.29, 1.82) is 0 Å². The van der Waals surface area contributed by atoms with Crippen LogP contribution in [0.5, 0.6) is 0 Å². The topological polar surface area (TPSA) is 15.3 Å². The molecule has 0 aliphatic carbocycles. The fourth-order valence-corrected chi connectivity index (χ4v) is 3.23. The van der Waals surface area contributed by atoms with Gasteiger partial charge in [0.1, 0.15) is 5.82 Å². The number of piperidine rings is 1. The van der Waals surface area contributed by atoms with Gasteiger partial charge < -0.3 is 10.2 Å². The van der Waals surface area contributed by atoms with Crippen LogP contribution >= 0.6 is 24.8 Å². The monoisotopic (exact) mass is 292 g/mol. The van der Waals surface area contributed by atoms with Gasteiger partial charge in [-0.15, -0.1) is 24.8 Å². The van der Waals surface area contributed by atoms with E-state index in [4.69, 9.17) is 0 Å². The number of halogens is 3. The molecule has 3 rings (SSSR count). The Bertz CT molecular complexity index is 419. The van der Waals surface area contributed by atoms with Gasteiger partial charge in [-0.2, -0.15) is 0 Å². The quantitative estimate of drug-likeness (QED) is 0.791. The van der Waals surface area contributed by atoms with Gasteiger partial charge in [-0.3, -0.25) is 0 Å². The zero-order valence-corrected chi connectivity index (χ0v) is 12.0. The fourth-order valence-electron chi connectivity index (χ4n) is 3.23. The number of benzene rings is 1. The first kappa shape index (κ1) is 15.5. The Morgan fingerprint density at radius 2 is 1.89 bits per heavy atom. The molecular formula is C13H19Cl2FN2. The van der Waals surface area contributed by atoms with E-state index in [1.165, 1.54) is 5.56 Å². The van der Waals surface area contributed by atoms with E-state index >= 15 is 0 Å². The summed E-state index contributed by atoms with van der Waals surface area (Å²) in [6.45, 7) is 3.18. The maximum Gasteiger partial charge on any atom is 0.125 e. The normalized spacial score (nSPS) is 20.0. The van der Waals surface area contributed by atoms with Gasteiger partial charge in [-0.1, -0.05) is 6.07 Å². The minimum Gasteiger partial charge on any atom is -0.373 e. The Morgan fingerprint density at radius 1 is 1.22 bits per heavy atom. The molecule has 0 unspecified atom stereocenters. The number of likely N-dealkylation sites (N-methyl/N-ethyl adjacent to an activating group) is 1. The van der Waals surface area contributed by atoms with Gasteiger partial charge >= 0.3 is 0 Å². The molecule has 0 amide bonds. The van der Waals surface area contributed by atoms with Crippen molar-refractivity contribution >= 4 is 30.5 Å². The van der Waals surface area contributed by atoms with Gasteiger partial charge in [0.25, 0.3) is 0 Å². The Hall–Kier alpha value is -0.510. The third-order valence-corrected chi connectivity index (χ3v) is 4.04. The minimum atomic E-state index is -0.128. The molecule has 2 aliphatic heterocycles. The third kappa shape index (κ3) is 2.31. The lowest BCUT2D eigenvalue weighted by Gasteiger charge is -2.34. The molecule has 0 saturated carbocycles. The van der Waals surface area contributed by atoms with Crippen LogP contribution in [-0.4, -0.2) is 26.7 Å². The summed E-state index contributed by atoms with van der Waals surface area (Å²) >= 11 is 0. The van der Waals surface area contributed by atoms with E-state index in [9.17, 15) is 4.39 Å². The Morgan fingerprint density at radius 3 is 2.56 bits per heavy atom. The molecule has 2 nitrogen and oxygen atoms in total. The van der Waals surface area contributed by atoms with Gasteiger partial charge in [0.2, 0.25) is 0 Å². The Balaban J connectivity index is 0.000000810. The van der Waals surface area contributed by atoms with Crippen molar-refractivity contribution in [2.45, 2.75) is 18.3 Å². The molecule has 102 valence electrons. The van der Waals surface area contributed by atoms with Crippen LogP contribution < -0.4 is 10.2 Å². The van der Waals surface area contributed by atoms with E-state index in [2.05, 4.69) is 17.3 Å². The summed E-state index contributed by atoms with van der Waals surface area (Å²) in [7, 11) is 2.06. The number of nitrogens with zero attached hydrogens (tertiary/aromatic N) is 1. The summed E-state index contributed by atoms with van der Waals surface area (Å²) in [6, 6.07) is 5.26. The van der Waals surface area contributed by atoms with E-state index in [1.807, 2.05) is 6.07 Å². The highest BCUT2D eigenvalue weighted by Gasteiger charge is 2.42. The minimum absolute atomic E-state index is 0. The van der Waals surface area contributed by atoms with Crippen LogP contribution in [0.1, 0.15) is 18.4 Å². The number of hydrogen-bond donors (Lipinski definition) is 1. The molecule has 0 bridgehead atoms. The molecule has 0 aromatic heterocycles. The standard InChI is InChI=1S/C13H17FN2.2ClH/c1-16-9-13(4-6-15-7-5-13)11-3-2-10(14)8-12(11)16;;/h2-3,8,15H,4-7,9H2,1H3;2*1H. The zero-order valence-electron chi connectivity index (χ0n) is 10.4. The highest BCUT2D eigenvalue weighted by molar-refractivity contribution is 5.85. The molecule has 1 spiro atoms. The lowest BCUT2D eigenvalue weighted by Crippen LogP contribution is -2.42. The SMILES string of the molecule is CN1CC2(CCNCC2)c2ccc(F)cc21.Cl.Cl. The van der Waals surface area contributed by atoms with Crippen LogP contribution in [0.3, 0.4) is 0 Å². The van der Waals surface area contributed by atoms with E-state index in [1.54, 1.807) is 12.1 Å². The Labute approximate surface area is 120 Å². The molecule has 2 heterocycles. The van der Waals surface area contributed by atoms with Crippen molar-refractivity contribution in [2.24, 2.45) is 0 Å². The average Bonchev–Trinajstić information content (AvgIpc) is 2.53. The number of hydrogen-bond acceptors (Lipinski definition) is 2. The third-order valence-electron chi connectivity index (χ3n) is 4.04. The van der Waals surface area contributed by atoms with E-state index in [0.29, 0.717) is 0 Å². The van der Waals surface area contributed by atoms with Gasteiger partial charge in [0.05, 0.1) is 0 Å². The first-order valence-corrected chi connectivity index (χ1v) is 5.93. The molecule has 0 radical (unpaired) electrons. The molecule has 1 saturated heterocycles. The summed E-state index contributed by atoms with van der Waals surface area (Å²) in [5.74, 6) is -0.128. The summed E-state index contributed by atoms with van der Waals surface area (Å²) < 4.78 is 13.3. The second kappa shape index (κ2) is 5.64. The largest absolute Gasteiger partial charge is 0.373 e. The van der Waals surface area contributed by atoms with Gasteiger partial charge in [0.15, 0.2) is 0 Å². The predicted octanol–water partition coefficient (Wildman–Crippen LogP) is 2.74. The summed E-state index contributed by atoms with van der Waals surface area (Å²) in [5.41, 5.74) is 2.70. The van der Waals surface area contributed by atoms with Crippen molar-refractivity contribution in [2.75, 3.05) is 31.6 Å². The lowest BCUT2D eigenvalue weighted by atomic mass is 9.75. The van der Waals surface area contributed by atoms with Crippen molar-refractivity contribution in [3.63, 3.8) is 0 Å².